The van der Waals surface area contributed by atoms with Gasteiger partial charge in [0.05, 0.1) is 0 Å². The molecule has 0 amide bonds. The Balaban J connectivity index is 2.23. The van der Waals surface area contributed by atoms with Crippen molar-refractivity contribution in [2.45, 2.75) is 32.4 Å². The van der Waals surface area contributed by atoms with Crippen molar-refractivity contribution in [1.29, 1.82) is 0 Å². The summed E-state index contributed by atoms with van der Waals surface area (Å²) in [4.78, 5) is 0. The number of hydrogen-bond donors (Lipinski definition) is 1. The third-order valence-electron chi connectivity index (χ3n) is 2.35. The minimum Gasteiger partial charge on any atom is -0.357 e. The van der Waals surface area contributed by atoms with Gasteiger partial charge in [-0.3, -0.25) is 0 Å². The Morgan fingerprint density at radius 1 is 1.64 bits per heavy atom. The lowest BCUT2D eigenvalue weighted by molar-refractivity contribution is 0.518. The molecule has 1 N–H and O–H groups in total. The van der Waals surface area contributed by atoms with E-state index in [1.807, 2.05) is 13.1 Å². The van der Waals surface area contributed by atoms with Gasteiger partial charge in [0.1, 0.15) is 0 Å². The second kappa shape index (κ2) is 5.66. The number of aromatic nitrogens is 1. The van der Waals surface area contributed by atoms with Crippen molar-refractivity contribution in [3.63, 3.8) is 0 Å². The van der Waals surface area contributed by atoms with Crippen molar-refractivity contribution in [2.75, 3.05) is 0 Å². The van der Waals surface area contributed by atoms with Crippen molar-refractivity contribution in [1.82, 2.24) is 9.88 Å². The van der Waals surface area contributed by atoms with E-state index in [2.05, 4.69) is 41.8 Å². The molecule has 2 nitrogen and oxygen atoms in total. The van der Waals surface area contributed by atoms with Gasteiger partial charge in [-0.2, -0.15) is 0 Å². The van der Waals surface area contributed by atoms with Crippen LogP contribution in [0.2, 0.25) is 0 Å². The van der Waals surface area contributed by atoms with Crippen LogP contribution in [-0.2, 0) is 13.6 Å². The molecular formula is C12H20N2. The average molecular weight is 192 g/mol. The Morgan fingerprint density at radius 2 is 2.43 bits per heavy atom. The number of aryl methyl sites for hydroxylation is 1. The maximum atomic E-state index is 3.72. The van der Waals surface area contributed by atoms with Crippen LogP contribution in [0.4, 0.5) is 0 Å². The second-order valence-corrected chi connectivity index (χ2v) is 3.83. The molecule has 0 aliphatic carbocycles. The van der Waals surface area contributed by atoms with E-state index < -0.39 is 0 Å². The van der Waals surface area contributed by atoms with Crippen LogP contribution in [0.3, 0.4) is 0 Å². The second-order valence-electron chi connectivity index (χ2n) is 3.83. The summed E-state index contributed by atoms with van der Waals surface area (Å²) in [6.07, 6.45) is 8.44. The molecule has 0 bridgehead atoms. The molecule has 0 aliphatic heterocycles. The van der Waals surface area contributed by atoms with Gasteiger partial charge < -0.3 is 9.88 Å². The fourth-order valence-corrected chi connectivity index (χ4v) is 1.43. The Bertz CT molecular complexity index is 276. The van der Waals surface area contributed by atoms with Gasteiger partial charge in [-0.25, -0.2) is 0 Å². The molecule has 0 spiro atoms. The average Bonchev–Trinajstić information content (AvgIpc) is 2.58. The zero-order chi connectivity index (χ0) is 10.4. The first-order valence-electron chi connectivity index (χ1n) is 5.17. The van der Waals surface area contributed by atoms with Gasteiger partial charge in [0.2, 0.25) is 0 Å². The van der Waals surface area contributed by atoms with E-state index in [1.165, 1.54) is 5.56 Å². The molecule has 1 aromatic heterocycles. The third-order valence-corrected chi connectivity index (χ3v) is 2.35. The highest BCUT2D eigenvalue weighted by molar-refractivity contribution is 5.09. The van der Waals surface area contributed by atoms with E-state index in [4.69, 9.17) is 0 Å². The lowest BCUT2D eigenvalue weighted by atomic mass is 10.2. The van der Waals surface area contributed by atoms with Crippen molar-refractivity contribution in [2.24, 2.45) is 7.05 Å². The molecule has 1 aromatic rings. The van der Waals surface area contributed by atoms with Crippen molar-refractivity contribution in [3.8, 4) is 0 Å². The van der Waals surface area contributed by atoms with E-state index in [1.54, 1.807) is 0 Å². The van der Waals surface area contributed by atoms with Crippen LogP contribution in [0.1, 0.15) is 25.3 Å². The van der Waals surface area contributed by atoms with Gasteiger partial charge in [0.25, 0.3) is 0 Å². The molecule has 0 fully saturated rings. The molecule has 0 saturated carbocycles. The summed E-state index contributed by atoms with van der Waals surface area (Å²) in [5.74, 6) is 0. The Hall–Kier alpha value is -1.02. The fraction of sp³-hybridized carbons (Fsp3) is 0.500. The highest BCUT2D eigenvalue weighted by Gasteiger charge is 2.00. The van der Waals surface area contributed by atoms with Crippen LogP contribution < -0.4 is 5.32 Å². The smallest absolute Gasteiger partial charge is 0.0223 e. The number of rotatable bonds is 6. The highest BCUT2D eigenvalue weighted by atomic mass is 14.9. The number of nitrogens with zero attached hydrogens (tertiary/aromatic N) is 1. The molecule has 1 rings (SSSR count). The van der Waals surface area contributed by atoms with E-state index in [0.29, 0.717) is 6.04 Å². The van der Waals surface area contributed by atoms with Crippen LogP contribution in [0, 0.1) is 0 Å². The van der Waals surface area contributed by atoms with Crippen molar-refractivity contribution >= 4 is 0 Å². The molecule has 0 aromatic carbocycles. The van der Waals surface area contributed by atoms with Crippen molar-refractivity contribution < 1.29 is 0 Å². The Kier molecular flexibility index (Phi) is 4.47. The molecule has 0 radical (unpaired) electrons. The summed E-state index contributed by atoms with van der Waals surface area (Å²) in [5, 5.41) is 3.49. The van der Waals surface area contributed by atoms with Gasteiger partial charge in [-0.15, -0.1) is 6.58 Å². The van der Waals surface area contributed by atoms with Gasteiger partial charge >= 0.3 is 0 Å². The van der Waals surface area contributed by atoms with Crippen LogP contribution in [0.5, 0.6) is 0 Å². The molecular weight excluding hydrogens is 172 g/mol. The van der Waals surface area contributed by atoms with Gasteiger partial charge in [-0.05, 0) is 31.4 Å². The van der Waals surface area contributed by atoms with E-state index in [-0.39, 0.29) is 0 Å². The summed E-state index contributed by atoms with van der Waals surface area (Å²) in [6, 6.07) is 2.71. The standard InChI is InChI=1S/C12H20N2/c1-4-5-6-11(2)13-9-12-7-8-14(3)10-12/h4,7-8,10-11,13H,1,5-6,9H2,2-3H3. The maximum absolute atomic E-state index is 3.72. The topological polar surface area (TPSA) is 17.0 Å². The van der Waals surface area contributed by atoms with Gasteiger partial charge in [-0.1, -0.05) is 6.08 Å². The highest BCUT2D eigenvalue weighted by Crippen LogP contribution is 2.02. The van der Waals surface area contributed by atoms with Gasteiger partial charge in [0, 0.05) is 32.0 Å². The summed E-state index contributed by atoms with van der Waals surface area (Å²) in [6.45, 7) is 6.90. The predicted molar refractivity (Wildman–Crippen MR) is 61.1 cm³/mol. The first kappa shape index (κ1) is 11.1. The Morgan fingerprint density at radius 3 is 3.00 bits per heavy atom. The predicted octanol–water partition coefficient (Wildman–Crippen LogP) is 2.47. The monoisotopic (exact) mass is 192 g/mol. The fourth-order valence-electron chi connectivity index (χ4n) is 1.43. The van der Waals surface area contributed by atoms with Crippen molar-refractivity contribution in [3.05, 3.63) is 36.7 Å². The zero-order valence-corrected chi connectivity index (χ0v) is 9.16. The summed E-state index contributed by atoms with van der Waals surface area (Å²) in [5.41, 5.74) is 1.35. The van der Waals surface area contributed by atoms with Crippen LogP contribution in [-0.4, -0.2) is 10.6 Å². The minimum atomic E-state index is 0.563. The summed E-state index contributed by atoms with van der Waals surface area (Å²) < 4.78 is 2.07. The minimum absolute atomic E-state index is 0.563. The van der Waals surface area contributed by atoms with Gasteiger partial charge in [0.15, 0.2) is 0 Å². The number of nitrogens with one attached hydrogen (secondary N) is 1. The zero-order valence-electron chi connectivity index (χ0n) is 9.16. The third kappa shape index (κ3) is 3.79. The number of allylic oxidation sites excluding steroid dienone is 1. The molecule has 1 heterocycles. The van der Waals surface area contributed by atoms with E-state index in [9.17, 15) is 0 Å². The lowest BCUT2D eigenvalue weighted by Crippen LogP contribution is -2.24. The van der Waals surface area contributed by atoms with E-state index >= 15 is 0 Å². The summed E-state index contributed by atoms with van der Waals surface area (Å²) in [7, 11) is 2.05. The van der Waals surface area contributed by atoms with E-state index in [0.717, 1.165) is 19.4 Å². The van der Waals surface area contributed by atoms with Crippen LogP contribution in [0.15, 0.2) is 31.1 Å². The molecule has 78 valence electrons. The summed E-state index contributed by atoms with van der Waals surface area (Å²) >= 11 is 0. The maximum Gasteiger partial charge on any atom is 0.0223 e. The normalized spacial score (nSPS) is 12.7. The molecule has 14 heavy (non-hydrogen) atoms. The molecule has 2 heteroatoms. The molecule has 0 saturated heterocycles. The largest absolute Gasteiger partial charge is 0.357 e. The first-order chi connectivity index (χ1) is 6.72. The molecule has 0 aliphatic rings. The first-order valence-corrected chi connectivity index (χ1v) is 5.17. The molecule has 1 atom stereocenters. The Labute approximate surface area is 86.6 Å². The number of hydrogen-bond acceptors (Lipinski definition) is 1. The molecule has 1 unspecified atom stereocenters. The van der Waals surface area contributed by atoms with Crippen LogP contribution in [0.25, 0.3) is 0 Å². The lowest BCUT2D eigenvalue weighted by Gasteiger charge is -2.11. The quantitative estimate of drug-likeness (QED) is 0.685. The van der Waals surface area contributed by atoms with Crippen LogP contribution >= 0.6 is 0 Å². The SMILES string of the molecule is C=CCCC(C)NCc1ccn(C)c1.